The molecular formula is C10H16BrClN2O2. The van der Waals surface area contributed by atoms with Crippen molar-refractivity contribution in [1.29, 1.82) is 0 Å². The smallest absolute Gasteiger partial charge is 0.172 e. The van der Waals surface area contributed by atoms with Crippen LogP contribution in [0, 0.1) is 0 Å². The summed E-state index contributed by atoms with van der Waals surface area (Å²) in [4.78, 5) is 0. The highest BCUT2D eigenvalue weighted by Gasteiger charge is 2.12. The molecule has 92 valence electrons. The Morgan fingerprint density at radius 1 is 1.50 bits per heavy atom. The van der Waals surface area contributed by atoms with E-state index >= 15 is 0 Å². The van der Waals surface area contributed by atoms with Crippen LogP contribution >= 0.6 is 28.3 Å². The first-order valence-electron chi connectivity index (χ1n) is 4.71. The molecule has 1 rings (SSSR count). The van der Waals surface area contributed by atoms with Crippen LogP contribution in [0.4, 0.5) is 0 Å². The van der Waals surface area contributed by atoms with Gasteiger partial charge in [0.25, 0.3) is 0 Å². The molecule has 16 heavy (non-hydrogen) atoms. The van der Waals surface area contributed by atoms with Crippen LogP contribution in [0.2, 0.25) is 0 Å². The summed E-state index contributed by atoms with van der Waals surface area (Å²) >= 11 is 3.24. The average Bonchev–Trinajstić information content (AvgIpc) is 2.23. The Bertz CT molecular complexity index is 350. The molecule has 1 atom stereocenters. The second kappa shape index (κ2) is 6.96. The normalized spacial score (nSPS) is 11.8. The largest absolute Gasteiger partial charge is 0.503 e. The lowest BCUT2D eigenvalue weighted by molar-refractivity contribution is 0.316. The Labute approximate surface area is 109 Å². The zero-order valence-electron chi connectivity index (χ0n) is 8.94. The lowest BCUT2D eigenvalue weighted by atomic mass is 10.1. The van der Waals surface area contributed by atoms with Gasteiger partial charge >= 0.3 is 0 Å². The van der Waals surface area contributed by atoms with E-state index in [0.717, 1.165) is 5.56 Å². The lowest BCUT2D eigenvalue weighted by Gasteiger charge is -2.13. The van der Waals surface area contributed by atoms with E-state index in [1.54, 1.807) is 12.1 Å². The van der Waals surface area contributed by atoms with Crippen molar-refractivity contribution in [3.05, 3.63) is 22.2 Å². The fourth-order valence-electron chi connectivity index (χ4n) is 1.21. The standard InChI is InChI=1S/C10H15BrN2O2.ClH/c1-2-15-9-4-6(8(13)5-12)3-7(11)10(9)14;/h3-4,8,14H,2,5,12-13H2,1H3;1H/t8-;/m1./s1. The lowest BCUT2D eigenvalue weighted by Crippen LogP contribution is -2.20. The summed E-state index contributed by atoms with van der Waals surface area (Å²) in [7, 11) is 0. The number of nitrogens with two attached hydrogens (primary N) is 2. The zero-order chi connectivity index (χ0) is 11.4. The van der Waals surface area contributed by atoms with Crippen molar-refractivity contribution >= 4 is 28.3 Å². The quantitative estimate of drug-likeness (QED) is 0.793. The summed E-state index contributed by atoms with van der Waals surface area (Å²) < 4.78 is 5.84. The van der Waals surface area contributed by atoms with E-state index in [1.807, 2.05) is 6.92 Å². The molecule has 0 aliphatic heterocycles. The number of hydrogen-bond donors (Lipinski definition) is 3. The van der Waals surface area contributed by atoms with Gasteiger partial charge in [0.1, 0.15) is 0 Å². The van der Waals surface area contributed by atoms with Gasteiger partial charge in [-0.3, -0.25) is 0 Å². The van der Waals surface area contributed by atoms with Crippen molar-refractivity contribution in [2.75, 3.05) is 13.2 Å². The van der Waals surface area contributed by atoms with E-state index in [0.29, 0.717) is 23.4 Å². The molecule has 0 spiro atoms. The third-order valence-corrected chi connectivity index (χ3v) is 2.64. The number of halogens is 2. The maximum absolute atomic E-state index is 9.66. The number of phenols is 1. The summed E-state index contributed by atoms with van der Waals surface area (Å²) in [5.41, 5.74) is 12.1. The molecule has 0 saturated heterocycles. The fraction of sp³-hybridized carbons (Fsp3) is 0.400. The van der Waals surface area contributed by atoms with E-state index in [-0.39, 0.29) is 24.2 Å². The fourth-order valence-corrected chi connectivity index (χ4v) is 1.67. The monoisotopic (exact) mass is 310 g/mol. The van der Waals surface area contributed by atoms with Gasteiger partial charge in [0, 0.05) is 12.6 Å². The maximum atomic E-state index is 9.66. The highest BCUT2D eigenvalue weighted by atomic mass is 79.9. The molecule has 0 fully saturated rings. The first kappa shape index (κ1) is 15.5. The van der Waals surface area contributed by atoms with Gasteiger partial charge in [0.05, 0.1) is 11.1 Å². The van der Waals surface area contributed by atoms with E-state index in [2.05, 4.69) is 15.9 Å². The third-order valence-electron chi connectivity index (χ3n) is 2.03. The Morgan fingerprint density at radius 3 is 2.62 bits per heavy atom. The first-order valence-corrected chi connectivity index (χ1v) is 5.50. The van der Waals surface area contributed by atoms with Crippen LogP contribution in [0.3, 0.4) is 0 Å². The van der Waals surface area contributed by atoms with Crippen LogP contribution in [0.15, 0.2) is 16.6 Å². The molecule has 6 heteroatoms. The Balaban J connectivity index is 0.00000225. The molecule has 4 nitrogen and oxygen atoms in total. The Hall–Kier alpha value is -0.490. The van der Waals surface area contributed by atoms with Gasteiger partial charge in [-0.15, -0.1) is 12.4 Å². The van der Waals surface area contributed by atoms with Gasteiger partial charge in [-0.05, 0) is 40.5 Å². The van der Waals surface area contributed by atoms with Gasteiger partial charge < -0.3 is 21.3 Å². The molecule has 0 bridgehead atoms. The summed E-state index contributed by atoms with van der Waals surface area (Å²) in [6.07, 6.45) is 0. The molecule has 0 aliphatic rings. The highest BCUT2D eigenvalue weighted by Crippen LogP contribution is 2.36. The Morgan fingerprint density at radius 2 is 2.12 bits per heavy atom. The summed E-state index contributed by atoms with van der Waals surface area (Å²) in [5.74, 6) is 0.510. The number of phenolic OH excluding ortho intramolecular Hbond substituents is 1. The van der Waals surface area contributed by atoms with E-state index in [4.69, 9.17) is 16.2 Å². The second-order valence-corrected chi connectivity index (χ2v) is 3.98. The van der Waals surface area contributed by atoms with Crippen molar-refractivity contribution < 1.29 is 9.84 Å². The summed E-state index contributed by atoms with van der Waals surface area (Å²) in [6, 6.07) is 3.21. The van der Waals surface area contributed by atoms with Crippen LogP contribution in [0.25, 0.3) is 0 Å². The molecule has 0 saturated carbocycles. The predicted molar refractivity (Wildman–Crippen MR) is 70.2 cm³/mol. The van der Waals surface area contributed by atoms with Crippen molar-refractivity contribution in [1.82, 2.24) is 0 Å². The number of hydrogen-bond acceptors (Lipinski definition) is 4. The van der Waals surface area contributed by atoms with E-state index < -0.39 is 0 Å². The molecule has 0 heterocycles. The molecule has 0 amide bonds. The molecule has 1 aromatic carbocycles. The van der Waals surface area contributed by atoms with Gasteiger partial charge in [0.2, 0.25) is 0 Å². The maximum Gasteiger partial charge on any atom is 0.172 e. The summed E-state index contributed by atoms with van der Waals surface area (Å²) in [5, 5.41) is 9.66. The number of benzene rings is 1. The van der Waals surface area contributed by atoms with Crippen LogP contribution in [0.5, 0.6) is 11.5 Å². The van der Waals surface area contributed by atoms with Crippen LogP contribution in [-0.2, 0) is 0 Å². The van der Waals surface area contributed by atoms with Crippen molar-refractivity contribution in [3.8, 4) is 11.5 Å². The number of rotatable bonds is 4. The summed E-state index contributed by atoms with van der Waals surface area (Å²) in [6.45, 7) is 2.69. The van der Waals surface area contributed by atoms with Crippen molar-refractivity contribution in [2.24, 2.45) is 11.5 Å². The van der Waals surface area contributed by atoms with Crippen LogP contribution in [0.1, 0.15) is 18.5 Å². The van der Waals surface area contributed by atoms with Crippen molar-refractivity contribution in [2.45, 2.75) is 13.0 Å². The third kappa shape index (κ3) is 3.52. The topological polar surface area (TPSA) is 81.5 Å². The zero-order valence-corrected chi connectivity index (χ0v) is 11.3. The SMILES string of the molecule is CCOc1cc([C@H](N)CN)cc(Br)c1O.Cl. The van der Waals surface area contributed by atoms with Crippen LogP contribution < -0.4 is 16.2 Å². The first-order chi connectivity index (χ1) is 7.10. The minimum atomic E-state index is -0.249. The predicted octanol–water partition coefficient (Wildman–Crippen LogP) is 1.93. The molecule has 0 aliphatic carbocycles. The van der Waals surface area contributed by atoms with Crippen molar-refractivity contribution in [3.63, 3.8) is 0 Å². The van der Waals surface area contributed by atoms with Gasteiger partial charge in [-0.1, -0.05) is 0 Å². The minimum Gasteiger partial charge on any atom is -0.503 e. The second-order valence-electron chi connectivity index (χ2n) is 3.12. The van der Waals surface area contributed by atoms with E-state index in [9.17, 15) is 5.11 Å². The number of aromatic hydroxyl groups is 1. The molecule has 0 unspecified atom stereocenters. The molecule has 5 N–H and O–H groups in total. The van der Waals surface area contributed by atoms with Gasteiger partial charge in [-0.2, -0.15) is 0 Å². The molecule has 0 radical (unpaired) electrons. The van der Waals surface area contributed by atoms with Gasteiger partial charge in [-0.25, -0.2) is 0 Å². The van der Waals surface area contributed by atoms with Crippen LogP contribution in [-0.4, -0.2) is 18.3 Å². The highest BCUT2D eigenvalue weighted by molar-refractivity contribution is 9.10. The molecule has 0 aromatic heterocycles. The number of ether oxygens (including phenoxy) is 1. The van der Waals surface area contributed by atoms with Gasteiger partial charge in [0.15, 0.2) is 11.5 Å². The van der Waals surface area contributed by atoms with E-state index in [1.165, 1.54) is 0 Å². The molecular weight excluding hydrogens is 295 g/mol. The Kier molecular flexibility index (Phi) is 6.74. The molecule has 1 aromatic rings. The minimum absolute atomic E-state index is 0. The average molecular weight is 312 g/mol.